The summed E-state index contributed by atoms with van der Waals surface area (Å²) in [6, 6.07) is 0.218. The van der Waals surface area contributed by atoms with Crippen molar-refractivity contribution in [1.82, 2.24) is 20.2 Å². The van der Waals surface area contributed by atoms with E-state index in [0.717, 1.165) is 26.5 Å². The predicted molar refractivity (Wildman–Crippen MR) is 151 cm³/mol. The summed E-state index contributed by atoms with van der Waals surface area (Å²) in [4.78, 5) is 36.3. The molecule has 2 aromatic rings. The number of thiazole rings is 1. The minimum absolute atomic E-state index is 0.154. The normalized spacial score (nSPS) is 18.2. The molecule has 3 N–H and O–H groups in total. The lowest BCUT2D eigenvalue weighted by atomic mass is 9.93. The standard InChI is InChI=1S/C28H37F6N5O3S/c1-7-8-16-10-9-15(2)39(16)24(41)20-21(43-23(38-20)22(40)37-14-26(5,6)42)17-12-35-19(11-18(17)27(29,30)31)36-13-25(3,4)28(32,33)34/h11-12,15-16,42H,7-10,13-14H2,1-6H3,(H,35,36)(H,37,40). The van der Waals surface area contributed by atoms with Crippen molar-refractivity contribution in [3.63, 3.8) is 0 Å². The van der Waals surface area contributed by atoms with Gasteiger partial charge in [0.1, 0.15) is 11.5 Å². The molecule has 8 nitrogen and oxygen atoms in total. The molecule has 1 aliphatic heterocycles. The molecule has 2 unspecified atom stereocenters. The number of pyridine rings is 1. The van der Waals surface area contributed by atoms with E-state index >= 15 is 0 Å². The molecule has 0 bridgehead atoms. The van der Waals surface area contributed by atoms with Crippen molar-refractivity contribution in [2.75, 3.05) is 18.4 Å². The van der Waals surface area contributed by atoms with E-state index in [4.69, 9.17) is 0 Å². The van der Waals surface area contributed by atoms with Crippen LogP contribution in [0.1, 0.15) is 93.1 Å². The SMILES string of the molecule is CCCC1CCC(C)N1C(=O)c1nc(C(=O)NCC(C)(C)O)sc1-c1cnc(NCC(C)(C)C(F)(F)F)cc1C(F)(F)F. The zero-order valence-electron chi connectivity index (χ0n) is 24.8. The molecule has 2 aromatic heterocycles. The molecular weight excluding hydrogens is 600 g/mol. The summed E-state index contributed by atoms with van der Waals surface area (Å²) in [5, 5.41) is 14.5. The third-order valence-corrected chi connectivity index (χ3v) is 8.37. The lowest BCUT2D eigenvalue weighted by Gasteiger charge is -2.28. The highest BCUT2D eigenvalue weighted by Crippen LogP contribution is 2.43. The maximum absolute atomic E-state index is 14.4. The number of alkyl halides is 6. The molecule has 3 heterocycles. The van der Waals surface area contributed by atoms with Crippen LogP contribution in [-0.4, -0.2) is 68.7 Å². The van der Waals surface area contributed by atoms with Crippen molar-refractivity contribution in [2.45, 2.75) is 97.3 Å². The zero-order valence-corrected chi connectivity index (χ0v) is 25.6. The van der Waals surface area contributed by atoms with Crippen LogP contribution in [0.3, 0.4) is 0 Å². The number of amides is 2. The number of carbonyl (C=O) groups excluding carboxylic acids is 2. The molecule has 1 fully saturated rings. The van der Waals surface area contributed by atoms with Crippen LogP contribution in [-0.2, 0) is 6.18 Å². The van der Waals surface area contributed by atoms with Gasteiger partial charge < -0.3 is 20.6 Å². The van der Waals surface area contributed by atoms with Gasteiger partial charge in [-0.3, -0.25) is 9.59 Å². The van der Waals surface area contributed by atoms with Crippen molar-refractivity contribution in [1.29, 1.82) is 0 Å². The van der Waals surface area contributed by atoms with Crippen molar-refractivity contribution >= 4 is 29.0 Å². The summed E-state index contributed by atoms with van der Waals surface area (Å²) in [5.41, 5.74) is -5.68. The van der Waals surface area contributed by atoms with Gasteiger partial charge in [0.2, 0.25) is 0 Å². The highest BCUT2D eigenvalue weighted by molar-refractivity contribution is 7.17. The van der Waals surface area contributed by atoms with Crippen molar-refractivity contribution in [3.8, 4) is 10.4 Å². The average Bonchev–Trinajstić information content (AvgIpc) is 3.48. The molecule has 2 atom stereocenters. The Hall–Kier alpha value is -2.94. The Morgan fingerprint density at radius 2 is 1.74 bits per heavy atom. The van der Waals surface area contributed by atoms with Crippen molar-refractivity contribution in [3.05, 3.63) is 28.5 Å². The quantitative estimate of drug-likeness (QED) is 0.256. The Balaban J connectivity index is 2.12. The minimum atomic E-state index is -4.99. The Labute approximate surface area is 250 Å². The van der Waals surface area contributed by atoms with Gasteiger partial charge in [0.25, 0.3) is 11.8 Å². The molecule has 1 aliphatic rings. The fraction of sp³-hybridized carbons (Fsp3) is 0.643. The summed E-state index contributed by atoms with van der Waals surface area (Å²) < 4.78 is 83.1. The smallest absolute Gasteiger partial charge is 0.389 e. The van der Waals surface area contributed by atoms with E-state index < -0.39 is 58.7 Å². The number of carbonyl (C=O) groups is 2. The second-order valence-corrected chi connectivity index (χ2v) is 13.1. The number of aliphatic hydroxyl groups is 1. The summed E-state index contributed by atoms with van der Waals surface area (Å²) in [5.74, 6) is -1.86. The fourth-order valence-corrected chi connectivity index (χ4v) is 5.67. The second-order valence-electron chi connectivity index (χ2n) is 12.1. The van der Waals surface area contributed by atoms with E-state index in [-0.39, 0.29) is 34.2 Å². The third-order valence-electron chi connectivity index (χ3n) is 7.28. The summed E-state index contributed by atoms with van der Waals surface area (Å²) in [6.07, 6.45) is -5.92. The van der Waals surface area contributed by atoms with Gasteiger partial charge in [0.05, 0.1) is 21.5 Å². The van der Waals surface area contributed by atoms with Crippen LogP contribution in [0.4, 0.5) is 32.2 Å². The van der Waals surface area contributed by atoms with Gasteiger partial charge in [0, 0.05) is 36.9 Å². The highest BCUT2D eigenvalue weighted by atomic mass is 32.1. The Morgan fingerprint density at radius 3 is 2.30 bits per heavy atom. The monoisotopic (exact) mass is 637 g/mol. The number of anilines is 1. The van der Waals surface area contributed by atoms with Crippen LogP contribution >= 0.6 is 11.3 Å². The molecule has 0 spiro atoms. The topological polar surface area (TPSA) is 107 Å². The molecular formula is C28H37F6N5O3S. The minimum Gasteiger partial charge on any atom is -0.389 e. The first-order valence-electron chi connectivity index (χ1n) is 13.9. The fourth-order valence-electron chi connectivity index (χ4n) is 4.67. The van der Waals surface area contributed by atoms with Crippen LogP contribution in [0.2, 0.25) is 0 Å². The largest absolute Gasteiger partial charge is 0.417 e. The van der Waals surface area contributed by atoms with Gasteiger partial charge in [-0.1, -0.05) is 13.3 Å². The van der Waals surface area contributed by atoms with E-state index in [2.05, 4.69) is 20.6 Å². The maximum Gasteiger partial charge on any atom is 0.417 e. The van der Waals surface area contributed by atoms with Crippen LogP contribution in [0.25, 0.3) is 10.4 Å². The van der Waals surface area contributed by atoms with E-state index in [1.54, 1.807) is 4.90 Å². The molecule has 240 valence electrons. The molecule has 0 saturated carbocycles. The highest BCUT2D eigenvalue weighted by Gasteiger charge is 2.47. The van der Waals surface area contributed by atoms with E-state index in [1.165, 1.54) is 13.8 Å². The Morgan fingerprint density at radius 1 is 1.09 bits per heavy atom. The first-order valence-corrected chi connectivity index (χ1v) is 14.7. The average molecular weight is 638 g/mol. The van der Waals surface area contributed by atoms with Crippen LogP contribution in [0, 0.1) is 5.41 Å². The molecule has 0 radical (unpaired) electrons. The number of hydrogen-bond acceptors (Lipinski definition) is 7. The molecule has 2 amide bonds. The number of halogens is 6. The van der Waals surface area contributed by atoms with Gasteiger partial charge in [-0.15, -0.1) is 11.3 Å². The van der Waals surface area contributed by atoms with Gasteiger partial charge in [-0.05, 0) is 59.9 Å². The summed E-state index contributed by atoms with van der Waals surface area (Å²) >= 11 is 0.570. The van der Waals surface area contributed by atoms with Gasteiger partial charge in [-0.2, -0.15) is 26.3 Å². The van der Waals surface area contributed by atoms with Crippen LogP contribution in [0.15, 0.2) is 12.3 Å². The molecule has 1 saturated heterocycles. The lowest BCUT2D eigenvalue weighted by molar-refractivity contribution is -0.206. The van der Waals surface area contributed by atoms with Gasteiger partial charge >= 0.3 is 12.4 Å². The number of rotatable bonds is 10. The molecule has 0 aliphatic carbocycles. The summed E-state index contributed by atoms with van der Waals surface area (Å²) in [6.45, 7) is 7.58. The van der Waals surface area contributed by atoms with Crippen molar-refractivity contribution < 1.29 is 41.0 Å². The number of nitrogens with zero attached hydrogens (tertiary/aromatic N) is 3. The lowest BCUT2D eigenvalue weighted by Crippen LogP contribution is -2.40. The predicted octanol–water partition coefficient (Wildman–Crippen LogP) is 6.52. The Kier molecular flexibility index (Phi) is 10.1. The van der Waals surface area contributed by atoms with E-state index in [0.29, 0.717) is 36.7 Å². The second kappa shape index (κ2) is 12.6. The van der Waals surface area contributed by atoms with Gasteiger partial charge in [0.15, 0.2) is 5.01 Å². The van der Waals surface area contributed by atoms with Crippen LogP contribution in [0.5, 0.6) is 0 Å². The Bertz CT molecular complexity index is 1320. The molecule has 3 rings (SSSR count). The molecule has 0 aromatic carbocycles. The number of likely N-dealkylation sites (tertiary alicyclic amines) is 1. The summed E-state index contributed by atoms with van der Waals surface area (Å²) in [7, 11) is 0. The van der Waals surface area contributed by atoms with E-state index in [9.17, 15) is 41.0 Å². The van der Waals surface area contributed by atoms with Gasteiger partial charge in [-0.25, -0.2) is 9.97 Å². The first kappa shape index (κ1) is 34.5. The number of aromatic nitrogens is 2. The maximum atomic E-state index is 14.4. The molecule has 43 heavy (non-hydrogen) atoms. The van der Waals surface area contributed by atoms with E-state index in [1.807, 2.05) is 13.8 Å². The number of nitrogens with one attached hydrogen (secondary N) is 2. The number of hydrogen-bond donors (Lipinski definition) is 3. The molecule has 15 heteroatoms. The third kappa shape index (κ3) is 8.16. The van der Waals surface area contributed by atoms with Crippen LogP contribution < -0.4 is 10.6 Å². The van der Waals surface area contributed by atoms with Crippen molar-refractivity contribution in [2.24, 2.45) is 5.41 Å². The first-order chi connectivity index (χ1) is 19.7. The zero-order chi connectivity index (χ0) is 32.5.